The molecule has 2 rings (SSSR count). The zero-order valence-electron chi connectivity index (χ0n) is 9.41. The molecule has 1 aromatic carbocycles. The number of fused-ring (bicyclic) bond motifs is 1. The number of carbonyl (C=O) groups is 1. The number of carboxylic acids is 1. The average molecular weight is 274 g/mol. The van der Waals surface area contributed by atoms with Crippen LogP contribution in [-0.2, 0) is 11.2 Å². The molecular weight excluding hydrogens is 261 g/mol. The predicted molar refractivity (Wildman–Crippen MR) is 69.2 cm³/mol. The normalized spacial score (nSPS) is 19.0. The third kappa shape index (κ3) is 2.67. The summed E-state index contributed by atoms with van der Waals surface area (Å²) in [6, 6.07) is 3.58. The molecule has 1 atom stereocenters. The molecule has 0 radical (unpaired) electrons. The van der Waals surface area contributed by atoms with Crippen molar-refractivity contribution >= 4 is 34.9 Å². The first-order valence-corrected chi connectivity index (χ1v) is 6.14. The number of hydrogen-bond acceptors (Lipinski definition) is 2. The molecule has 5 heteroatoms. The largest absolute Gasteiger partial charge is 0.481 e. The monoisotopic (exact) mass is 273 g/mol. The van der Waals surface area contributed by atoms with Crippen molar-refractivity contribution in [3.05, 3.63) is 27.7 Å². The van der Waals surface area contributed by atoms with Crippen molar-refractivity contribution in [2.45, 2.75) is 12.8 Å². The number of carboxylic acid groups (broad SMARTS) is 1. The third-order valence-corrected chi connectivity index (χ3v) is 3.59. The van der Waals surface area contributed by atoms with Gasteiger partial charge in [0, 0.05) is 29.3 Å². The molecule has 17 heavy (non-hydrogen) atoms. The molecule has 0 aromatic heterocycles. The van der Waals surface area contributed by atoms with Gasteiger partial charge in [0.15, 0.2) is 0 Å². The van der Waals surface area contributed by atoms with E-state index in [-0.39, 0.29) is 12.3 Å². The summed E-state index contributed by atoms with van der Waals surface area (Å²) in [5.41, 5.74) is 2.00. The second-order valence-electron chi connectivity index (χ2n) is 4.43. The highest BCUT2D eigenvalue weighted by molar-refractivity contribution is 6.35. The van der Waals surface area contributed by atoms with Crippen LogP contribution in [0, 0.1) is 5.92 Å². The van der Waals surface area contributed by atoms with Crippen LogP contribution in [0.3, 0.4) is 0 Å². The van der Waals surface area contributed by atoms with E-state index in [1.807, 2.05) is 18.0 Å². The fourth-order valence-electron chi connectivity index (χ4n) is 2.36. The van der Waals surface area contributed by atoms with Crippen LogP contribution in [0.15, 0.2) is 12.1 Å². The van der Waals surface area contributed by atoms with E-state index in [2.05, 4.69) is 0 Å². The van der Waals surface area contributed by atoms with Crippen LogP contribution in [0.5, 0.6) is 0 Å². The molecule has 0 spiro atoms. The number of benzene rings is 1. The van der Waals surface area contributed by atoms with Gasteiger partial charge in [-0.15, -0.1) is 0 Å². The van der Waals surface area contributed by atoms with Gasteiger partial charge in [-0.2, -0.15) is 0 Å². The molecule has 3 nitrogen and oxygen atoms in total. The standard InChI is InChI=1S/C12H13Cl2NO2/c1-15-6-7(3-12(16)17)2-9-10(14)4-8(13)5-11(9)15/h4-5,7H,2-3,6H2,1H3,(H,16,17). The first kappa shape index (κ1) is 12.5. The van der Waals surface area contributed by atoms with E-state index in [0.29, 0.717) is 16.5 Å². The van der Waals surface area contributed by atoms with Crippen LogP contribution in [0.4, 0.5) is 5.69 Å². The lowest BCUT2D eigenvalue weighted by Gasteiger charge is -2.33. The Morgan fingerprint density at radius 1 is 1.53 bits per heavy atom. The molecule has 0 saturated heterocycles. The van der Waals surface area contributed by atoms with Gasteiger partial charge in [0.2, 0.25) is 0 Å². The van der Waals surface area contributed by atoms with Crippen molar-refractivity contribution in [1.29, 1.82) is 0 Å². The lowest BCUT2D eigenvalue weighted by atomic mass is 9.90. The predicted octanol–water partition coefficient (Wildman–Crippen LogP) is 3.08. The number of halogens is 2. The van der Waals surface area contributed by atoms with Crippen molar-refractivity contribution in [3.8, 4) is 0 Å². The summed E-state index contributed by atoms with van der Waals surface area (Å²) < 4.78 is 0. The molecule has 1 aliphatic heterocycles. The van der Waals surface area contributed by atoms with Crippen LogP contribution in [0.1, 0.15) is 12.0 Å². The summed E-state index contributed by atoms with van der Waals surface area (Å²) in [6.07, 6.45) is 0.866. The number of rotatable bonds is 2. The Morgan fingerprint density at radius 3 is 2.88 bits per heavy atom. The fraction of sp³-hybridized carbons (Fsp3) is 0.417. The van der Waals surface area contributed by atoms with Crippen molar-refractivity contribution in [2.24, 2.45) is 5.92 Å². The Kier molecular flexibility index (Phi) is 3.50. The minimum atomic E-state index is -0.767. The number of nitrogens with zero attached hydrogens (tertiary/aromatic N) is 1. The van der Waals surface area contributed by atoms with Gasteiger partial charge in [-0.3, -0.25) is 4.79 Å². The summed E-state index contributed by atoms with van der Waals surface area (Å²) in [6.45, 7) is 0.718. The molecule has 1 aliphatic rings. The smallest absolute Gasteiger partial charge is 0.303 e. The van der Waals surface area contributed by atoms with E-state index < -0.39 is 5.97 Å². The van der Waals surface area contributed by atoms with E-state index in [0.717, 1.165) is 17.8 Å². The molecule has 0 fully saturated rings. The van der Waals surface area contributed by atoms with Gasteiger partial charge in [0.05, 0.1) is 6.42 Å². The molecule has 0 saturated carbocycles. The number of hydrogen-bond donors (Lipinski definition) is 1. The molecule has 1 heterocycles. The summed E-state index contributed by atoms with van der Waals surface area (Å²) in [5.74, 6) is -0.666. The fourth-order valence-corrected chi connectivity index (χ4v) is 2.91. The van der Waals surface area contributed by atoms with E-state index in [4.69, 9.17) is 28.3 Å². The lowest BCUT2D eigenvalue weighted by Crippen LogP contribution is -2.33. The molecule has 92 valence electrons. The number of aliphatic carboxylic acids is 1. The maximum absolute atomic E-state index is 10.8. The molecule has 1 unspecified atom stereocenters. The van der Waals surface area contributed by atoms with Crippen LogP contribution < -0.4 is 4.90 Å². The van der Waals surface area contributed by atoms with E-state index >= 15 is 0 Å². The van der Waals surface area contributed by atoms with Crippen LogP contribution in [0.25, 0.3) is 0 Å². The summed E-state index contributed by atoms with van der Waals surface area (Å²) in [5, 5.41) is 10.1. The second-order valence-corrected chi connectivity index (χ2v) is 5.28. The highest BCUT2D eigenvalue weighted by atomic mass is 35.5. The summed E-state index contributed by atoms with van der Waals surface area (Å²) in [7, 11) is 1.93. The van der Waals surface area contributed by atoms with E-state index in [1.165, 1.54) is 0 Å². The molecule has 1 aromatic rings. The van der Waals surface area contributed by atoms with Crippen molar-refractivity contribution in [3.63, 3.8) is 0 Å². The Bertz CT molecular complexity index is 462. The molecular formula is C12H13Cl2NO2. The van der Waals surface area contributed by atoms with Gasteiger partial charge < -0.3 is 10.0 Å². The Hall–Kier alpha value is -0.930. The average Bonchev–Trinajstić information content (AvgIpc) is 2.19. The van der Waals surface area contributed by atoms with Crippen molar-refractivity contribution < 1.29 is 9.90 Å². The second kappa shape index (κ2) is 4.75. The Morgan fingerprint density at radius 2 is 2.24 bits per heavy atom. The SMILES string of the molecule is CN1CC(CC(=O)O)Cc2c(Cl)cc(Cl)cc21. The first-order chi connectivity index (χ1) is 7.97. The Balaban J connectivity index is 2.32. The van der Waals surface area contributed by atoms with Gasteiger partial charge >= 0.3 is 5.97 Å². The Labute approximate surface area is 110 Å². The minimum absolute atomic E-state index is 0.101. The van der Waals surface area contributed by atoms with Crippen molar-refractivity contribution in [1.82, 2.24) is 0 Å². The molecule has 1 N–H and O–H groups in total. The maximum atomic E-state index is 10.8. The molecule has 0 bridgehead atoms. The van der Waals surface area contributed by atoms with E-state index in [9.17, 15) is 4.79 Å². The first-order valence-electron chi connectivity index (χ1n) is 5.38. The maximum Gasteiger partial charge on any atom is 0.303 e. The third-order valence-electron chi connectivity index (χ3n) is 3.04. The topological polar surface area (TPSA) is 40.5 Å². The van der Waals surface area contributed by atoms with Gasteiger partial charge in [0.1, 0.15) is 0 Å². The lowest BCUT2D eigenvalue weighted by molar-refractivity contribution is -0.138. The van der Waals surface area contributed by atoms with E-state index in [1.54, 1.807) is 6.07 Å². The highest BCUT2D eigenvalue weighted by Gasteiger charge is 2.26. The highest BCUT2D eigenvalue weighted by Crippen LogP contribution is 2.37. The molecule has 0 amide bonds. The van der Waals surface area contributed by atoms with Gasteiger partial charge in [-0.1, -0.05) is 23.2 Å². The summed E-state index contributed by atoms with van der Waals surface area (Å²) >= 11 is 12.1. The van der Waals surface area contributed by atoms with Gasteiger partial charge in [0.25, 0.3) is 0 Å². The van der Waals surface area contributed by atoms with Crippen LogP contribution >= 0.6 is 23.2 Å². The zero-order valence-corrected chi connectivity index (χ0v) is 10.9. The quantitative estimate of drug-likeness (QED) is 0.901. The van der Waals surface area contributed by atoms with Crippen LogP contribution in [-0.4, -0.2) is 24.7 Å². The summed E-state index contributed by atoms with van der Waals surface area (Å²) in [4.78, 5) is 12.8. The zero-order chi connectivity index (χ0) is 12.6. The number of anilines is 1. The van der Waals surface area contributed by atoms with Gasteiger partial charge in [-0.05, 0) is 30.0 Å². The van der Waals surface area contributed by atoms with Crippen LogP contribution in [0.2, 0.25) is 10.0 Å². The van der Waals surface area contributed by atoms with Crippen molar-refractivity contribution in [2.75, 3.05) is 18.5 Å². The van der Waals surface area contributed by atoms with Gasteiger partial charge in [-0.25, -0.2) is 0 Å². The minimum Gasteiger partial charge on any atom is -0.481 e. The molecule has 0 aliphatic carbocycles.